The Morgan fingerprint density at radius 1 is 1.00 bits per heavy atom. The van der Waals surface area contributed by atoms with E-state index in [1.807, 2.05) is 0 Å². The molecule has 0 aromatic heterocycles. The molecule has 0 amide bonds. The number of hydrogen-bond acceptors (Lipinski definition) is 2. The Labute approximate surface area is 107 Å². The molecular weight excluding hydrogens is 211 g/mol. The zero-order valence-electron chi connectivity index (χ0n) is 12.8. The maximum atomic E-state index is 6.45. The van der Waals surface area contributed by atoms with E-state index in [1.54, 1.807) is 0 Å². The van der Waals surface area contributed by atoms with E-state index in [4.69, 9.17) is 9.31 Å². The summed E-state index contributed by atoms with van der Waals surface area (Å²) in [6, 6.07) is 0. The summed E-state index contributed by atoms with van der Waals surface area (Å²) >= 11 is 0. The highest BCUT2D eigenvalue weighted by Crippen LogP contribution is 2.49. The highest BCUT2D eigenvalue weighted by atomic mass is 16.7. The third-order valence-corrected chi connectivity index (χ3v) is 4.91. The normalized spacial score (nSPS) is 27.0. The van der Waals surface area contributed by atoms with Crippen LogP contribution in [0.1, 0.15) is 67.7 Å². The zero-order chi connectivity index (χ0) is 13.3. The van der Waals surface area contributed by atoms with Gasteiger partial charge in [-0.3, -0.25) is 0 Å². The predicted octanol–water partition coefficient (Wildman–Crippen LogP) is 4.63. The Bertz CT molecular complexity index is 245. The van der Waals surface area contributed by atoms with Crippen molar-refractivity contribution in [2.45, 2.75) is 91.1 Å². The Hall–Kier alpha value is -0.0151. The van der Waals surface area contributed by atoms with Gasteiger partial charge in [-0.2, -0.15) is 0 Å². The van der Waals surface area contributed by atoms with Gasteiger partial charge >= 0.3 is 0 Å². The Balaban J connectivity index is 2.95. The predicted molar refractivity (Wildman–Crippen MR) is 75.5 cm³/mol. The van der Waals surface area contributed by atoms with Crippen LogP contribution in [-0.2, 0) is 9.31 Å². The van der Waals surface area contributed by atoms with Gasteiger partial charge < -0.3 is 9.31 Å². The molecule has 1 aliphatic rings. The second kappa shape index (κ2) is 4.93. The van der Waals surface area contributed by atoms with E-state index in [0.29, 0.717) is 5.82 Å². The van der Waals surface area contributed by atoms with Crippen molar-refractivity contribution < 1.29 is 9.31 Å². The lowest BCUT2D eigenvalue weighted by Gasteiger charge is -2.42. The van der Waals surface area contributed by atoms with Crippen LogP contribution in [0.3, 0.4) is 0 Å². The van der Waals surface area contributed by atoms with Crippen LogP contribution < -0.4 is 0 Å². The van der Waals surface area contributed by atoms with E-state index < -0.39 is 6.55 Å². The largest absolute Gasteiger partial charge is 0.561 e. The molecule has 1 unspecified atom stereocenters. The van der Waals surface area contributed by atoms with Crippen molar-refractivity contribution in [1.29, 1.82) is 0 Å². The van der Waals surface area contributed by atoms with Crippen LogP contribution in [0.25, 0.3) is 0 Å². The van der Waals surface area contributed by atoms with Gasteiger partial charge in [0.05, 0.1) is 0 Å². The first-order valence-electron chi connectivity index (χ1n) is 7.27. The summed E-state index contributed by atoms with van der Waals surface area (Å²) in [5.41, 5.74) is -0.381. The molecule has 0 aliphatic carbocycles. The molecule has 1 heterocycles. The van der Waals surface area contributed by atoms with E-state index >= 15 is 0 Å². The summed E-state index contributed by atoms with van der Waals surface area (Å²) in [7, 11) is 0. The van der Waals surface area contributed by atoms with Crippen molar-refractivity contribution in [3.05, 3.63) is 0 Å². The minimum absolute atomic E-state index is 0.190. The molecule has 0 saturated carbocycles. The molecule has 0 spiro atoms. The minimum atomic E-state index is -1.12. The van der Waals surface area contributed by atoms with Crippen molar-refractivity contribution in [1.82, 2.24) is 0 Å². The SMILES string of the molecule is CCCC[B-]1(C(C)CC)OC(C)(C)C(C)(C)O1. The summed E-state index contributed by atoms with van der Waals surface area (Å²) in [5, 5.41) is 0. The first kappa shape index (κ1) is 15.0. The molecule has 0 aromatic rings. The molecule has 0 bridgehead atoms. The first-order chi connectivity index (χ1) is 7.71. The van der Waals surface area contributed by atoms with Crippen molar-refractivity contribution in [3.8, 4) is 0 Å². The molecule has 2 nitrogen and oxygen atoms in total. The van der Waals surface area contributed by atoms with Crippen LogP contribution >= 0.6 is 0 Å². The molecule has 3 heteroatoms. The highest BCUT2D eigenvalue weighted by Gasteiger charge is 2.52. The lowest BCUT2D eigenvalue weighted by molar-refractivity contribution is 0.00578. The van der Waals surface area contributed by atoms with Gasteiger partial charge in [0, 0.05) is 11.2 Å². The lowest BCUT2D eigenvalue weighted by atomic mass is 9.44. The molecule has 17 heavy (non-hydrogen) atoms. The average molecular weight is 241 g/mol. The zero-order valence-corrected chi connectivity index (χ0v) is 12.8. The number of rotatable bonds is 5. The molecule has 0 aromatic carbocycles. The topological polar surface area (TPSA) is 18.5 Å². The molecule has 102 valence electrons. The summed E-state index contributed by atoms with van der Waals surface area (Å²) in [4.78, 5) is 0. The van der Waals surface area contributed by atoms with Crippen molar-refractivity contribution in [2.75, 3.05) is 0 Å². The van der Waals surface area contributed by atoms with Crippen molar-refractivity contribution >= 4 is 6.55 Å². The molecule has 1 atom stereocenters. The summed E-state index contributed by atoms with van der Waals surface area (Å²) < 4.78 is 12.9. The van der Waals surface area contributed by atoms with E-state index in [0.717, 1.165) is 12.7 Å². The number of hydrogen-bond donors (Lipinski definition) is 0. The van der Waals surface area contributed by atoms with Crippen LogP contribution in [0, 0.1) is 0 Å². The molecule has 1 fully saturated rings. The minimum Gasteiger partial charge on any atom is -0.561 e. The van der Waals surface area contributed by atoms with Crippen LogP contribution in [0.2, 0.25) is 12.1 Å². The van der Waals surface area contributed by atoms with Crippen molar-refractivity contribution in [3.63, 3.8) is 0 Å². The van der Waals surface area contributed by atoms with Gasteiger partial charge in [-0.1, -0.05) is 40.0 Å². The fourth-order valence-electron chi connectivity index (χ4n) is 2.79. The van der Waals surface area contributed by atoms with Crippen LogP contribution in [0.5, 0.6) is 0 Å². The lowest BCUT2D eigenvalue weighted by Crippen LogP contribution is -2.42. The first-order valence-corrected chi connectivity index (χ1v) is 7.27. The maximum Gasteiger partial charge on any atom is 0.244 e. The highest BCUT2D eigenvalue weighted by molar-refractivity contribution is 6.69. The third kappa shape index (κ3) is 2.71. The van der Waals surface area contributed by atoms with Gasteiger partial charge in [0.2, 0.25) is 6.55 Å². The van der Waals surface area contributed by atoms with Gasteiger partial charge in [-0.15, -0.1) is 12.1 Å². The Morgan fingerprint density at radius 3 is 1.82 bits per heavy atom. The van der Waals surface area contributed by atoms with Crippen LogP contribution in [0.4, 0.5) is 0 Å². The van der Waals surface area contributed by atoms with Gasteiger partial charge in [-0.25, -0.2) is 0 Å². The van der Waals surface area contributed by atoms with Gasteiger partial charge in [-0.05, 0) is 27.7 Å². The second-order valence-electron chi connectivity index (χ2n) is 6.72. The quantitative estimate of drug-likeness (QED) is 0.653. The molecule has 0 radical (unpaired) electrons. The van der Waals surface area contributed by atoms with Crippen LogP contribution in [0.15, 0.2) is 0 Å². The molecule has 1 rings (SSSR count). The third-order valence-electron chi connectivity index (χ3n) is 4.91. The van der Waals surface area contributed by atoms with Gasteiger partial charge in [0.1, 0.15) is 0 Å². The standard InChI is InChI=1S/C14H30BO2/c1-8-10-11-15(12(3)9-2)16-13(4,5)14(6,7)17-15/h12H,8-11H2,1-7H3/q-1. The van der Waals surface area contributed by atoms with E-state index in [9.17, 15) is 0 Å². The number of unbranched alkanes of at least 4 members (excludes halogenated alkanes) is 1. The summed E-state index contributed by atoms with van der Waals surface area (Å²) in [6.45, 7) is 14.2. The Morgan fingerprint density at radius 2 is 1.47 bits per heavy atom. The maximum absolute atomic E-state index is 6.45. The summed E-state index contributed by atoms with van der Waals surface area (Å²) in [5.74, 6) is 0.502. The van der Waals surface area contributed by atoms with Crippen molar-refractivity contribution in [2.24, 2.45) is 0 Å². The van der Waals surface area contributed by atoms with E-state index in [-0.39, 0.29) is 11.2 Å². The molecular formula is C14H30BO2-. The molecule has 1 aliphatic heterocycles. The summed E-state index contributed by atoms with van der Waals surface area (Å²) in [6.07, 6.45) is 4.58. The van der Waals surface area contributed by atoms with E-state index in [2.05, 4.69) is 48.5 Å². The molecule has 0 N–H and O–H groups in total. The Kier molecular flexibility index (Phi) is 4.36. The van der Waals surface area contributed by atoms with E-state index in [1.165, 1.54) is 12.8 Å². The fraction of sp³-hybridized carbons (Fsp3) is 1.00. The monoisotopic (exact) mass is 241 g/mol. The smallest absolute Gasteiger partial charge is 0.244 e. The van der Waals surface area contributed by atoms with Gasteiger partial charge in [0.15, 0.2) is 0 Å². The molecule has 1 saturated heterocycles. The van der Waals surface area contributed by atoms with Crippen LogP contribution in [-0.4, -0.2) is 17.8 Å². The fourth-order valence-corrected chi connectivity index (χ4v) is 2.79. The average Bonchev–Trinajstić information content (AvgIpc) is 2.41. The second-order valence-corrected chi connectivity index (χ2v) is 6.72. The van der Waals surface area contributed by atoms with Gasteiger partial charge in [0.25, 0.3) is 0 Å².